The Morgan fingerprint density at radius 3 is 1.68 bits per heavy atom. The molecule has 10 heteroatoms. The Labute approximate surface area is 268 Å². The second kappa shape index (κ2) is 21.5. The Hall–Kier alpha value is -1.27. The third kappa shape index (κ3) is 16.9. The molecule has 0 aromatic rings. The van der Waals surface area contributed by atoms with E-state index in [1.54, 1.807) is 6.92 Å². The summed E-state index contributed by atoms with van der Waals surface area (Å²) in [5.41, 5.74) is -2.11. The van der Waals surface area contributed by atoms with Gasteiger partial charge in [0, 0.05) is 31.0 Å². The van der Waals surface area contributed by atoms with Crippen LogP contribution in [0.15, 0.2) is 0 Å². The second-order valence-electron chi connectivity index (χ2n) is 13.5. The fraction of sp³-hybridized carbons (Fsp3) is 0.912. The van der Waals surface area contributed by atoms with E-state index in [4.69, 9.17) is 18.9 Å². The Balaban J connectivity index is 4.19. The zero-order chi connectivity index (χ0) is 33.9. The van der Waals surface area contributed by atoms with E-state index in [0.717, 1.165) is 19.3 Å². The molecule has 3 N–H and O–H groups in total. The molecule has 0 radical (unpaired) electrons. The third-order valence-corrected chi connectivity index (χ3v) is 8.94. The van der Waals surface area contributed by atoms with Gasteiger partial charge in [-0.25, -0.2) is 0 Å². The first-order chi connectivity index (χ1) is 20.5. The topological polar surface area (TPSA) is 124 Å². The van der Waals surface area contributed by atoms with Crippen LogP contribution in [0, 0.1) is 5.41 Å². The number of ether oxygens (including phenoxy) is 4. The highest BCUT2D eigenvalue weighted by atomic mass is 16.5. The van der Waals surface area contributed by atoms with Crippen LogP contribution in [-0.2, 0) is 33.3 Å². The average Bonchev–Trinajstić information content (AvgIpc) is 2.97. The number of carbonyl (C=O) groups is 3. The van der Waals surface area contributed by atoms with Gasteiger partial charge in [0.25, 0.3) is 0 Å². The van der Waals surface area contributed by atoms with Crippen molar-refractivity contribution < 1.29 is 33.3 Å². The summed E-state index contributed by atoms with van der Waals surface area (Å²) in [5, 5.41) is 9.94. The molecule has 0 aromatic heterocycles. The van der Waals surface area contributed by atoms with Gasteiger partial charge in [0.15, 0.2) is 11.6 Å². The fourth-order valence-electron chi connectivity index (χ4n) is 5.04. The van der Waals surface area contributed by atoms with Crippen molar-refractivity contribution in [1.82, 2.24) is 16.0 Å². The summed E-state index contributed by atoms with van der Waals surface area (Å²) in [7, 11) is 1.94. The molecule has 0 rings (SSSR count). The van der Waals surface area contributed by atoms with Gasteiger partial charge in [-0.15, -0.1) is 0 Å². The molecule has 10 nitrogen and oxygen atoms in total. The SMILES string of the molecule is CCC(CCC(=O)C(C)(CC)NCCOCCOCC(=O)C(C)(CC)NCCOCCOC(C)(C)CC(C)(C)C(C)=O)NC. The molecule has 0 aliphatic rings. The molecule has 0 fully saturated rings. The molecule has 0 aliphatic heterocycles. The minimum absolute atomic E-state index is 0.00706. The monoisotopic (exact) mass is 629 g/mol. The van der Waals surface area contributed by atoms with Crippen molar-refractivity contribution in [2.75, 3.05) is 66.4 Å². The number of nitrogens with one attached hydrogen (secondary N) is 3. The van der Waals surface area contributed by atoms with Gasteiger partial charge in [0.2, 0.25) is 0 Å². The molecule has 3 atom stereocenters. The van der Waals surface area contributed by atoms with Gasteiger partial charge in [-0.2, -0.15) is 0 Å². The van der Waals surface area contributed by atoms with Crippen molar-refractivity contribution in [2.45, 2.75) is 130 Å². The van der Waals surface area contributed by atoms with Crippen LogP contribution in [0.25, 0.3) is 0 Å². The highest BCUT2D eigenvalue weighted by Crippen LogP contribution is 2.31. The minimum Gasteiger partial charge on any atom is -0.378 e. The number of Topliss-reactive ketones (excluding diaryl/α,β-unsaturated/α-hetero) is 3. The molecule has 0 heterocycles. The first-order valence-electron chi connectivity index (χ1n) is 16.6. The lowest BCUT2D eigenvalue weighted by Gasteiger charge is -2.33. The number of hydrogen-bond acceptors (Lipinski definition) is 10. The van der Waals surface area contributed by atoms with Crippen LogP contribution >= 0.6 is 0 Å². The standard InChI is InChI=1S/C34H67N3O7/c1-12-28(35-11)15-16-29(39)33(9,13-2)36-17-19-41-21-22-43-25-30(40)34(10,14-3)37-18-20-42-23-24-44-32(7,8)26-31(5,6)27(4)38/h28,35-37H,12-26H2,1-11H3. The summed E-state index contributed by atoms with van der Waals surface area (Å²) in [4.78, 5) is 37.5. The minimum atomic E-state index is -0.702. The smallest absolute Gasteiger partial charge is 0.178 e. The summed E-state index contributed by atoms with van der Waals surface area (Å²) in [6.07, 6.45) is 4.38. The molecule has 0 bridgehead atoms. The van der Waals surface area contributed by atoms with Gasteiger partial charge in [0.05, 0.1) is 56.3 Å². The maximum Gasteiger partial charge on any atom is 0.178 e. The lowest BCUT2D eigenvalue weighted by Crippen LogP contribution is -2.51. The summed E-state index contributed by atoms with van der Waals surface area (Å²) < 4.78 is 22.9. The van der Waals surface area contributed by atoms with Gasteiger partial charge in [0.1, 0.15) is 12.4 Å². The van der Waals surface area contributed by atoms with Crippen molar-refractivity contribution in [3.8, 4) is 0 Å². The molecular weight excluding hydrogens is 562 g/mol. The zero-order valence-corrected chi connectivity index (χ0v) is 30.0. The summed E-state index contributed by atoms with van der Waals surface area (Å²) in [6, 6.07) is 0.364. The zero-order valence-electron chi connectivity index (χ0n) is 30.0. The van der Waals surface area contributed by atoms with Crippen LogP contribution in [0.1, 0.15) is 108 Å². The van der Waals surface area contributed by atoms with Crippen molar-refractivity contribution in [3.63, 3.8) is 0 Å². The molecule has 3 unspecified atom stereocenters. The molecule has 0 saturated carbocycles. The summed E-state index contributed by atoms with van der Waals surface area (Å²) >= 11 is 0. The lowest BCUT2D eigenvalue weighted by molar-refractivity contribution is -0.130. The predicted octanol–water partition coefficient (Wildman–Crippen LogP) is 4.27. The third-order valence-electron chi connectivity index (χ3n) is 8.94. The number of carbonyl (C=O) groups excluding carboxylic acids is 3. The lowest BCUT2D eigenvalue weighted by atomic mass is 9.79. The van der Waals surface area contributed by atoms with E-state index in [0.29, 0.717) is 78.0 Å². The molecule has 0 saturated heterocycles. The Bertz CT molecular complexity index is 832. The summed E-state index contributed by atoms with van der Waals surface area (Å²) in [6.45, 7) is 23.0. The second-order valence-corrected chi connectivity index (χ2v) is 13.5. The van der Waals surface area contributed by atoms with E-state index >= 15 is 0 Å². The van der Waals surface area contributed by atoms with Crippen molar-refractivity contribution >= 4 is 17.3 Å². The normalized spacial score (nSPS) is 15.9. The van der Waals surface area contributed by atoms with Crippen molar-refractivity contribution in [3.05, 3.63) is 0 Å². The number of rotatable bonds is 29. The molecular formula is C34H67N3O7. The van der Waals surface area contributed by atoms with Gasteiger partial charge in [-0.1, -0.05) is 34.6 Å². The molecule has 0 aromatic carbocycles. The van der Waals surface area contributed by atoms with E-state index in [1.165, 1.54) is 0 Å². The van der Waals surface area contributed by atoms with E-state index in [1.807, 2.05) is 62.4 Å². The maximum absolute atomic E-state index is 12.9. The number of hydrogen-bond donors (Lipinski definition) is 3. The average molecular weight is 630 g/mol. The Kier molecular flexibility index (Phi) is 20.9. The van der Waals surface area contributed by atoms with E-state index in [9.17, 15) is 14.4 Å². The first kappa shape index (κ1) is 42.7. The number of ketones is 3. The molecule has 0 amide bonds. The van der Waals surface area contributed by atoms with Crippen LogP contribution in [0.4, 0.5) is 0 Å². The van der Waals surface area contributed by atoms with Crippen molar-refractivity contribution in [2.24, 2.45) is 5.41 Å². The highest BCUT2D eigenvalue weighted by molar-refractivity contribution is 5.89. The maximum atomic E-state index is 12.9. The van der Waals surface area contributed by atoms with Crippen molar-refractivity contribution in [1.29, 1.82) is 0 Å². The van der Waals surface area contributed by atoms with E-state index in [-0.39, 0.29) is 24.0 Å². The van der Waals surface area contributed by atoms with Gasteiger partial charge >= 0.3 is 0 Å². The van der Waals surface area contributed by atoms with E-state index < -0.39 is 22.1 Å². The van der Waals surface area contributed by atoms with Crippen LogP contribution in [0.3, 0.4) is 0 Å². The molecule has 260 valence electrons. The van der Waals surface area contributed by atoms with E-state index in [2.05, 4.69) is 22.9 Å². The van der Waals surface area contributed by atoms with Crippen LogP contribution in [0.5, 0.6) is 0 Å². The van der Waals surface area contributed by atoms with Crippen LogP contribution in [0.2, 0.25) is 0 Å². The molecule has 0 spiro atoms. The predicted molar refractivity (Wildman–Crippen MR) is 177 cm³/mol. The van der Waals surface area contributed by atoms with Crippen LogP contribution in [-0.4, -0.2) is 106 Å². The van der Waals surface area contributed by atoms with Gasteiger partial charge in [-0.3, -0.25) is 14.4 Å². The van der Waals surface area contributed by atoms with Crippen LogP contribution < -0.4 is 16.0 Å². The molecule has 0 aliphatic carbocycles. The summed E-state index contributed by atoms with van der Waals surface area (Å²) in [5.74, 6) is 0.369. The fourth-order valence-corrected chi connectivity index (χ4v) is 5.04. The highest BCUT2D eigenvalue weighted by Gasteiger charge is 2.33. The van der Waals surface area contributed by atoms with Gasteiger partial charge < -0.3 is 34.9 Å². The largest absolute Gasteiger partial charge is 0.378 e. The van der Waals surface area contributed by atoms with Gasteiger partial charge in [-0.05, 0) is 73.8 Å². The Morgan fingerprint density at radius 2 is 1.20 bits per heavy atom. The molecule has 44 heavy (non-hydrogen) atoms. The Morgan fingerprint density at radius 1 is 0.705 bits per heavy atom. The quantitative estimate of drug-likeness (QED) is 0.103. The first-order valence-corrected chi connectivity index (χ1v) is 16.6.